The third-order valence-corrected chi connectivity index (χ3v) is 6.20. The van der Waals surface area contributed by atoms with E-state index in [-0.39, 0.29) is 0 Å². The lowest BCUT2D eigenvalue weighted by molar-refractivity contribution is 0.249. The van der Waals surface area contributed by atoms with E-state index in [4.69, 9.17) is 21.6 Å². The summed E-state index contributed by atoms with van der Waals surface area (Å²) in [6, 6.07) is 20.5. The van der Waals surface area contributed by atoms with Crippen molar-refractivity contribution in [3.05, 3.63) is 65.5 Å². The summed E-state index contributed by atoms with van der Waals surface area (Å²) in [4.78, 5) is 11.2. The van der Waals surface area contributed by atoms with Gasteiger partial charge in [0.1, 0.15) is 5.69 Å². The van der Waals surface area contributed by atoms with E-state index in [1.165, 1.54) is 12.8 Å². The lowest BCUT2D eigenvalue weighted by Crippen LogP contribution is -2.23. The van der Waals surface area contributed by atoms with Gasteiger partial charge in [-0.1, -0.05) is 48.5 Å². The van der Waals surface area contributed by atoms with Crippen molar-refractivity contribution in [2.75, 3.05) is 13.1 Å². The molecule has 1 saturated heterocycles. The van der Waals surface area contributed by atoms with Crippen LogP contribution in [0.3, 0.4) is 0 Å². The number of para-hydroxylation sites is 1. The summed E-state index contributed by atoms with van der Waals surface area (Å²) in [6.07, 6.45) is 2.44. The SMILES string of the molecule is S=c1oc(-c2cc3c([nH]c4ccccc43)c(-c3ccccc3)n2)nn1CN1CCCC1. The molecule has 2 aromatic carbocycles. The summed E-state index contributed by atoms with van der Waals surface area (Å²) >= 11 is 5.46. The van der Waals surface area contributed by atoms with Crippen LogP contribution in [0.25, 0.3) is 44.6 Å². The Kier molecular flexibility index (Phi) is 4.44. The molecule has 0 saturated carbocycles. The molecule has 7 heteroatoms. The van der Waals surface area contributed by atoms with Crippen molar-refractivity contribution >= 4 is 34.0 Å². The number of hydrogen-bond acceptors (Lipinski definition) is 5. The predicted octanol–water partition coefficient (Wildman–Crippen LogP) is 5.62. The number of benzene rings is 2. The van der Waals surface area contributed by atoms with Gasteiger partial charge in [-0.15, -0.1) is 5.10 Å². The molecule has 1 N–H and O–H groups in total. The molecule has 1 aliphatic heterocycles. The molecular weight excluding hydrogens is 406 g/mol. The van der Waals surface area contributed by atoms with Crippen molar-refractivity contribution in [2.45, 2.75) is 19.5 Å². The Labute approximate surface area is 184 Å². The van der Waals surface area contributed by atoms with Gasteiger partial charge in [0.25, 0.3) is 10.7 Å². The molecule has 6 rings (SSSR count). The molecular formula is C24H21N5OS. The highest BCUT2D eigenvalue weighted by atomic mass is 32.1. The minimum Gasteiger partial charge on any atom is -0.408 e. The number of aromatic nitrogens is 4. The van der Waals surface area contributed by atoms with Gasteiger partial charge in [-0.2, -0.15) is 0 Å². The number of likely N-dealkylation sites (tertiary alicyclic amines) is 1. The normalized spacial score (nSPS) is 14.7. The second-order valence-electron chi connectivity index (χ2n) is 7.95. The Hall–Kier alpha value is -3.29. The Morgan fingerprint density at radius 1 is 0.968 bits per heavy atom. The highest BCUT2D eigenvalue weighted by Gasteiger charge is 2.19. The van der Waals surface area contributed by atoms with E-state index < -0.39 is 0 Å². The van der Waals surface area contributed by atoms with Gasteiger partial charge >= 0.3 is 0 Å². The number of H-pyrrole nitrogens is 1. The molecule has 154 valence electrons. The number of aromatic amines is 1. The van der Waals surface area contributed by atoms with Crippen LogP contribution in [0.5, 0.6) is 0 Å². The van der Waals surface area contributed by atoms with Crippen molar-refractivity contribution in [1.82, 2.24) is 24.6 Å². The fourth-order valence-electron chi connectivity index (χ4n) is 4.37. The zero-order valence-electron chi connectivity index (χ0n) is 16.9. The first-order chi connectivity index (χ1) is 15.3. The number of hydrogen-bond donors (Lipinski definition) is 1. The Bertz CT molecular complexity index is 1440. The van der Waals surface area contributed by atoms with E-state index in [9.17, 15) is 0 Å². The summed E-state index contributed by atoms with van der Waals surface area (Å²) in [5, 5.41) is 6.92. The maximum absolute atomic E-state index is 5.91. The Morgan fingerprint density at radius 2 is 1.74 bits per heavy atom. The number of rotatable bonds is 4. The van der Waals surface area contributed by atoms with Gasteiger partial charge < -0.3 is 9.40 Å². The first-order valence-corrected chi connectivity index (χ1v) is 10.9. The summed E-state index contributed by atoms with van der Waals surface area (Å²) in [7, 11) is 0. The molecule has 5 aromatic rings. The van der Waals surface area contributed by atoms with Crippen LogP contribution in [-0.4, -0.2) is 37.7 Å². The minimum atomic E-state index is 0.379. The van der Waals surface area contributed by atoms with Crippen LogP contribution >= 0.6 is 12.2 Å². The van der Waals surface area contributed by atoms with Gasteiger partial charge in [0, 0.05) is 21.9 Å². The summed E-state index contributed by atoms with van der Waals surface area (Å²) in [5.74, 6) is 0.452. The van der Waals surface area contributed by atoms with Crippen LogP contribution in [0, 0.1) is 4.84 Å². The van der Waals surface area contributed by atoms with Crippen LogP contribution in [0.15, 0.2) is 65.1 Å². The molecule has 0 spiro atoms. The largest absolute Gasteiger partial charge is 0.408 e. The van der Waals surface area contributed by atoms with Gasteiger partial charge in [0.2, 0.25) is 0 Å². The maximum atomic E-state index is 5.91. The third-order valence-electron chi connectivity index (χ3n) is 5.90. The summed E-state index contributed by atoms with van der Waals surface area (Å²) in [5.41, 5.74) is 4.68. The number of fused-ring (bicyclic) bond motifs is 3. The smallest absolute Gasteiger partial charge is 0.288 e. The number of nitrogens with zero attached hydrogens (tertiary/aromatic N) is 4. The van der Waals surface area contributed by atoms with Gasteiger partial charge in [0.15, 0.2) is 0 Å². The molecule has 3 aromatic heterocycles. The summed E-state index contributed by atoms with van der Waals surface area (Å²) < 4.78 is 7.67. The van der Waals surface area contributed by atoms with E-state index in [0.717, 1.165) is 46.2 Å². The van der Waals surface area contributed by atoms with Crippen LogP contribution < -0.4 is 0 Å². The summed E-state index contributed by atoms with van der Waals surface area (Å²) in [6.45, 7) is 2.80. The van der Waals surface area contributed by atoms with Gasteiger partial charge in [-0.3, -0.25) is 4.90 Å². The standard InChI is InChI=1S/C24H21N5OS/c31-24-29(15-28-12-6-7-13-28)27-23(30-24)20-14-18-17-10-4-5-11-19(17)25-22(18)21(26-20)16-8-2-1-3-9-16/h1-5,8-11,14,25H,6-7,12-13,15H2. The zero-order chi connectivity index (χ0) is 20.8. The zero-order valence-corrected chi connectivity index (χ0v) is 17.7. The van der Waals surface area contributed by atoms with Crippen LogP contribution in [-0.2, 0) is 6.67 Å². The van der Waals surface area contributed by atoms with Gasteiger partial charge in [-0.05, 0) is 50.3 Å². The van der Waals surface area contributed by atoms with Crippen LogP contribution in [0.1, 0.15) is 12.8 Å². The lowest BCUT2D eigenvalue weighted by Gasteiger charge is -2.12. The fourth-order valence-corrected chi connectivity index (χ4v) is 4.55. The number of nitrogens with one attached hydrogen (secondary N) is 1. The van der Waals surface area contributed by atoms with E-state index >= 15 is 0 Å². The molecule has 31 heavy (non-hydrogen) atoms. The van der Waals surface area contributed by atoms with Crippen molar-refractivity contribution in [1.29, 1.82) is 0 Å². The molecule has 0 bridgehead atoms. The average molecular weight is 428 g/mol. The predicted molar refractivity (Wildman–Crippen MR) is 124 cm³/mol. The third kappa shape index (κ3) is 3.26. The maximum Gasteiger partial charge on any atom is 0.288 e. The van der Waals surface area contributed by atoms with Crippen molar-refractivity contribution in [3.8, 4) is 22.8 Å². The monoisotopic (exact) mass is 427 g/mol. The fraction of sp³-hybridized carbons (Fsp3) is 0.208. The van der Waals surface area contributed by atoms with E-state index in [1.54, 1.807) is 4.68 Å². The average Bonchev–Trinajstić information content (AvgIpc) is 3.53. The van der Waals surface area contributed by atoms with E-state index in [1.807, 2.05) is 30.3 Å². The molecule has 4 heterocycles. The van der Waals surface area contributed by atoms with E-state index in [0.29, 0.717) is 23.1 Å². The molecule has 0 unspecified atom stereocenters. The van der Waals surface area contributed by atoms with Crippen LogP contribution in [0.4, 0.5) is 0 Å². The highest BCUT2D eigenvalue weighted by molar-refractivity contribution is 7.71. The van der Waals surface area contributed by atoms with E-state index in [2.05, 4.69) is 45.3 Å². The minimum absolute atomic E-state index is 0.379. The molecule has 1 aliphatic rings. The number of pyridine rings is 1. The first kappa shape index (κ1) is 18.5. The second kappa shape index (κ2) is 7.44. The van der Waals surface area contributed by atoms with Crippen molar-refractivity contribution in [3.63, 3.8) is 0 Å². The topological polar surface area (TPSA) is 62.9 Å². The van der Waals surface area contributed by atoms with Crippen LogP contribution in [0.2, 0.25) is 0 Å². The molecule has 0 amide bonds. The van der Waals surface area contributed by atoms with Crippen molar-refractivity contribution < 1.29 is 4.42 Å². The second-order valence-corrected chi connectivity index (χ2v) is 8.30. The quantitative estimate of drug-likeness (QED) is 0.377. The molecule has 1 fully saturated rings. The highest BCUT2D eigenvalue weighted by Crippen LogP contribution is 2.34. The van der Waals surface area contributed by atoms with Gasteiger partial charge in [0.05, 0.1) is 17.9 Å². The van der Waals surface area contributed by atoms with Gasteiger partial charge in [-0.25, -0.2) is 9.67 Å². The first-order valence-electron chi connectivity index (χ1n) is 10.5. The molecule has 6 nitrogen and oxygen atoms in total. The Balaban J connectivity index is 1.54. The molecule has 0 aliphatic carbocycles. The van der Waals surface area contributed by atoms with Crippen molar-refractivity contribution in [2.24, 2.45) is 0 Å². The Morgan fingerprint density at radius 3 is 2.58 bits per heavy atom. The molecule has 0 radical (unpaired) electrons. The molecule has 0 atom stereocenters. The lowest BCUT2D eigenvalue weighted by atomic mass is 10.1.